The standard InChI is InChI=1S/C19H16N4O4S/c1-3-11-8-14-16(28-11)20-9-22(17(14)25)21-15(24)10(2)23-18(26)12-6-4-5-7-13(12)19(23)27/h4-10H,3H2,1-2H3,(H,21,24)/t10-/m0/s1. The number of nitrogens with one attached hydrogen (secondary N) is 1. The second-order valence-electron chi connectivity index (χ2n) is 6.38. The number of benzene rings is 1. The molecule has 2 aromatic heterocycles. The number of aryl methyl sites for hydroxylation is 1. The van der Waals surface area contributed by atoms with E-state index in [1.807, 2.05) is 6.92 Å². The van der Waals surface area contributed by atoms with Gasteiger partial charge < -0.3 is 0 Å². The van der Waals surface area contributed by atoms with Crippen LogP contribution in [0, 0.1) is 0 Å². The smallest absolute Gasteiger partial charge is 0.271 e. The highest BCUT2D eigenvalue weighted by Gasteiger charge is 2.40. The molecule has 1 N–H and O–H groups in total. The summed E-state index contributed by atoms with van der Waals surface area (Å²) in [6.07, 6.45) is 2.01. The van der Waals surface area contributed by atoms with Gasteiger partial charge in [0.25, 0.3) is 23.3 Å². The van der Waals surface area contributed by atoms with Gasteiger partial charge in [0.2, 0.25) is 0 Å². The Morgan fingerprint density at radius 2 is 1.82 bits per heavy atom. The third kappa shape index (κ3) is 2.71. The highest BCUT2D eigenvalue weighted by molar-refractivity contribution is 7.18. The summed E-state index contributed by atoms with van der Waals surface area (Å²) >= 11 is 1.42. The average molecular weight is 396 g/mol. The van der Waals surface area contributed by atoms with E-state index < -0.39 is 29.3 Å². The molecule has 8 nitrogen and oxygen atoms in total. The van der Waals surface area contributed by atoms with Crippen LogP contribution in [0.4, 0.5) is 0 Å². The molecule has 1 aromatic carbocycles. The molecule has 9 heteroatoms. The van der Waals surface area contributed by atoms with Crippen molar-refractivity contribution in [3.05, 3.63) is 63.0 Å². The van der Waals surface area contributed by atoms with Gasteiger partial charge >= 0.3 is 0 Å². The molecule has 0 unspecified atom stereocenters. The lowest BCUT2D eigenvalue weighted by molar-refractivity contribution is -0.120. The molecule has 0 fully saturated rings. The number of hydrogen-bond acceptors (Lipinski definition) is 6. The van der Waals surface area contributed by atoms with Crippen molar-refractivity contribution in [3.63, 3.8) is 0 Å². The van der Waals surface area contributed by atoms with E-state index in [9.17, 15) is 19.2 Å². The van der Waals surface area contributed by atoms with E-state index in [4.69, 9.17) is 0 Å². The lowest BCUT2D eigenvalue weighted by Gasteiger charge is -2.21. The molecule has 0 bridgehead atoms. The Hall–Kier alpha value is -3.33. The molecule has 142 valence electrons. The fraction of sp³-hybridized carbons (Fsp3) is 0.211. The number of aromatic nitrogens is 2. The van der Waals surface area contributed by atoms with Crippen LogP contribution in [0.3, 0.4) is 0 Å². The van der Waals surface area contributed by atoms with E-state index in [1.165, 1.54) is 24.6 Å². The first-order chi connectivity index (χ1) is 13.4. The largest absolute Gasteiger partial charge is 0.280 e. The minimum absolute atomic E-state index is 0.262. The number of imide groups is 1. The number of thiophene rings is 1. The molecule has 3 aromatic rings. The van der Waals surface area contributed by atoms with Gasteiger partial charge in [-0.3, -0.25) is 29.5 Å². The number of amides is 3. The highest BCUT2D eigenvalue weighted by Crippen LogP contribution is 2.24. The predicted molar refractivity (Wildman–Crippen MR) is 104 cm³/mol. The molecule has 0 aliphatic carbocycles. The number of hydrogen-bond donors (Lipinski definition) is 1. The number of nitrogens with zero attached hydrogens (tertiary/aromatic N) is 3. The quantitative estimate of drug-likeness (QED) is 0.678. The van der Waals surface area contributed by atoms with Gasteiger partial charge in [-0.05, 0) is 31.5 Å². The van der Waals surface area contributed by atoms with Gasteiger partial charge in [-0.1, -0.05) is 19.1 Å². The van der Waals surface area contributed by atoms with Crippen LogP contribution in [0.5, 0.6) is 0 Å². The van der Waals surface area contributed by atoms with Crippen molar-refractivity contribution in [2.45, 2.75) is 26.3 Å². The second-order valence-corrected chi connectivity index (χ2v) is 7.50. The average Bonchev–Trinajstić information content (AvgIpc) is 3.24. The number of fused-ring (bicyclic) bond motifs is 2. The molecule has 0 radical (unpaired) electrons. The van der Waals surface area contributed by atoms with Crippen molar-refractivity contribution in [2.75, 3.05) is 5.43 Å². The van der Waals surface area contributed by atoms with Crippen LogP contribution in [0.2, 0.25) is 0 Å². The van der Waals surface area contributed by atoms with Crippen molar-refractivity contribution < 1.29 is 14.4 Å². The molecule has 1 atom stereocenters. The summed E-state index contributed by atoms with van der Waals surface area (Å²) in [7, 11) is 0. The van der Waals surface area contributed by atoms with Crippen LogP contribution >= 0.6 is 11.3 Å². The van der Waals surface area contributed by atoms with E-state index in [1.54, 1.807) is 30.3 Å². The molecule has 4 rings (SSSR count). The van der Waals surface area contributed by atoms with Crippen LogP contribution in [-0.2, 0) is 11.2 Å². The lowest BCUT2D eigenvalue weighted by atomic mass is 10.1. The van der Waals surface area contributed by atoms with Gasteiger partial charge in [-0.25, -0.2) is 9.66 Å². The molecule has 1 aliphatic rings. The second kappa shape index (κ2) is 6.68. The molecule has 1 aliphatic heterocycles. The Bertz CT molecular complexity index is 1160. The normalized spacial score (nSPS) is 14.4. The molecular formula is C19H16N4O4S. The third-order valence-electron chi connectivity index (χ3n) is 4.67. The number of rotatable bonds is 4. The van der Waals surface area contributed by atoms with E-state index in [2.05, 4.69) is 10.4 Å². The van der Waals surface area contributed by atoms with Gasteiger partial charge in [0.05, 0.1) is 16.5 Å². The molecule has 0 spiro atoms. The Morgan fingerprint density at radius 3 is 2.43 bits per heavy atom. The maximum absolute atomic E-state index is 12.6. The fourth-order valence-corrected chi connectivity index (χ4v) is 4.04. The maximum atomic E-state index is 12.6. The minimum Gasteiger partial charge on any atom is -0.271 e. The molecule has 3 amide bonds. The van der Waals surface area contributed by atoms with Gasteiger partial charge in [0.15, 0.2) is 0 Å². The van der Waals surface area contributed by atoms with E-state index in [0.717, 1.165) is 20.9 Å². The van der Waals surface area contributed by atoms with Gasteiger partial charge in [-0.15, -0.1) is 11.3 Å². The molecule has 28 heavy (non-hydrogen) atoms. The summed E-state index contributed by atoms with van der Waals surface area (Å²) in [5.41, 5.74) is 2.55. The van der Waals surface area contributed by atoms with Crippen LogP contribution in [0.15, 0.2) is 41.5 Å². The van der Waals surface area contributed by atoms with Gasteiger partial charge in [0, 0.05) is 4.88 Å². The van der Waals surface area contributed by atoms with E-state index in [-0.39, 0.29) is 11.1 Å². The summed E-state index contributed by atoms with van der Waals surface area (Å²) in [6.45, 7) is 3.42. The maximum Gasteiger partial charge on any atom is 0.280 e. The van der Waals surface area contributed by atoms with Crippen molar-refractivity contribution in [1.29, 1.82) is 0 Å². The Kier molecular flexibility index (Phi) is 4.31. The Labute approximate surface area is 163 Å². The zero-order chi connectivity index (χ0) is 20.0. The van der Waals surface area contributed by atoms with Crippen molar-refractivity contribution in [1.82, 2.24) is 14.6 Å². The molecule has 3 heterocycles. The Morgan fingerprint density at radius 1 is 1.18 bits per heavy atom. The van der Waals surface area contributed by atoms with Crippen molar-refractivity contribution in [3.8, 4) is 0 Å². The lowest BCUT2D eigenvalue weighted by Crippen LogP contribution is -2.48. The van der Waals surface area contributed by atoms with Crippen molar-refractivity contribution >= 4 is 39.3 Å². The summed E-state index contributed by atoms with van der Waals surface area (Å²) < 4.78 is 0.978. The first kappa shape index (κ1) is 18.1. The SMILES string of the molecule is CCc1cc2c(=O)n(NC(=O)[C@H](C)N3C(=O)c4ccccc4C3=O)cnc2s1. The van der Waals surface area contributed by atoms with Gasteiger partial charge in [0.1, 0.15) is 17.2 Å². The number of carbonyl (C=O) groups is 3. The summed E-state index contributed by atoms with van der Waals surface area (Å²) in [5, 5.41) is 0.415. The highest BCUT2D eigenvalue weighted by atomic mass is 32.1. The zero-order valence-electron chi connectivity index (χ0n) is 15.1. The van der Waals surface area contributed by atoms with E-state index >= 15 is 0 Å². The third-order valence-corrected chi connectivity index (χ3v) is 5.86. The van der Waals surface area contributed by atoms with Crippen LogP contribution in [-0.4, -0.2) is 38.3 Å². The summed E-state index contributed by atoms with van der Waals surface area (Å²) in [4.78, 5) is 57.0. The van der Waals surface area contributed by atoms with Crippen LogP contribution in [0.1, 0.15) is 39.4 Å². The molecular weight excluding hydrogens is 380 g/mol. The Balaban J connectivity index is 1.60. The van der Waals surface area contributed by atoms with Crippen molar-refractivity contribution in [2.24, 2.45) is 0 Å². The predicted octanol–water partition coefficient (Wildman–Crippen LogP) is 1.78. The van der Waals surface area contributed by atoms with Crippen LogP contribution in [0.25, 0.3) is 10.2 Å². The summed E-state index contributed by atoms with van der Waals surface area (Å²) in [5.74, 6) is -1.73. The number of carbonyl (C=O) groups excluding carboxylic acids is 3. The van der Waals surface area contributed by atoms with E-state index in [0.29, 0.717) is 10.2 Å². The van der Waals surface area contributed by atoms with Gasteiger partial charge in [-0.2, -0.15) is 0 Å². The first-order valence-electron chi connectivity index (χ1n) is 8.70. The first-order valence-corrected chi connectivity index (χ1v) is 9.52. The monoisotopic (exact) mass is 396 g/mol. The molecule has 0 saturated carbocycles. The minimum atomic E-state index is -1.09. The van der Waals surface area contributed by atoms with Crippen LogP contribution < -0.4 is 11.0 Å². The topological polar surface area (TPSA) is 101 Å². The zero-order valence-corrected chi connectivity index (χ0v) is 15.9. The molecule has 0 saturated heterocycles. The summed E-state index contributed by atoms with van der Waals surface area (Å²) in [6, 6.07) is 7.07. The fourth-order valence-electron chi connectivity index (χ4n) is 3.12.